The second kappa shape index (κ2) is 8.18. The molecule has 0 aromatic heterocycles. The van der Waals surface area contributed by atoms with Gasteiger partial charge in [-0.1, -0.05) is 17.7 Å². The van der Waals surface area contributed by atoms with E-state index in [9.17, 15) is 30.3 Å². The maximum absolute atomic E-state index is 11.8. The number of benzene rings is 1. The Morgan fingerprint density at radius 1 is 1.00 bits per heavy atom. The van der Waals surface area contributed by atoms with Crippen molar-refractivity contribution in [2.45, 2.75) is 37.4 Å². The van der Waals surface area contributed by atoms with Gasteiger partial charge in [-0.15, -0.1) is 0 Å². The normalized spacial score (nSPS) is 18.1. The fraction of sp³-hybridized carbons (Fsp3) is 0.500. The van der Waals surface area contributed by atoms with Gasteiger partial charge in [-0.25, -0.2) is 0 Å². The molecular formula is C14H21NO7. The van der Waals surface area contributed by atoms with Crippen LogP contribution in [0.5, 0.6) is 0 Å². The zero-order valence-corrected chi connectivity index (χ0v) is 12.0. The number of rotatable bonds is 7. The molecule has 0 aliphatic carbocycles. The molecule has 0 bridgehead atoms. The Morgan fingerprint density at radius 3 is 2.05 bits per heavy atom. The molecule has 1 aromatic carbocycles. The van der Waals surface area contributed by atoms with Crippen LogP contribution in [-0.2, 0) is 4.79 Å². The van der Waals surface area contributed by atoms with Gasteiger partial charge in [-0.05, 0) is 19.1 Å². The Bertz CT molecular complexity index is 479. The van der Waals surface area contributed by atoms with Crippen molar-refractivity contribution in [3.63, 3.8) is 0 Å². The number of aliphatic hydroxyl groups is 6. The van der Waals surface area contributed by atoms with Crippen LogP contribution < -0.4 is 5.32 Å². The van der Waals surface area contributed by atoms with Gasteiger partial charge < -0.3 is 36.0 Å². The lowest BCUT2D eigenvalue weighted by Crippen LogP contribution is -2.52. The summed E-state index contributed by atoms with van der Waals surface area (Å²) < 4.78 is 0. The van der Waals surface area contributed by atoms with Crippen LogP contribution in [-0.4, -0.2) is 73.7 Å². The summed E-state index contributed by atoms with van der Waals surface area (Å²) in [5.74, 6) is -0.985. The second-order valence-electron chi connectivity index (χ2n) is 5.02. The van der Waals surface area contributed by atoms with Gasteiger partial charge in [0.25, 0.3) is 5.91 Å². The van der Waals surface area contributed by atoms with Crippen LogP contribution in [0.4, 0.5) is 5.69 Å². The van der Waals surface area contributed by atoms with Crippen LogP contribution in [0, 0.1) is 6.92 Å². The van der Waals surface area contributed by atoms with Gasteiger partial charge in [0.2, 0.25) is 0 Å². The van der Waals surface area contributed by atoms with E-state index in [1.807, 2.05) is 6.92 Å². The number of carbonyl (C=O) groups excluding carboxylic acids is 1. The number of aliphatic hydroxyl groups excluding tert-OH is 6. The van der Waals surface area contributed by atoms with Crippen LogP contribution in [0.25, 0.3) is 0 Å². The van der Waals surface area contributed by atoms with Crippen LogP contribution in [0.3, 0.4) is 0 Å². The maximum atomic E-state index is 11.8. The molecule has 0 heterocycles. The first kappa shape index (κ1) is 18.5. The summed E-state index contributed by atoms with van der Waals surface area (Å²) in [7, 11) is 0. The van der Waals surface area contributed by atoms with Crippen molar-refractivity contribution in [2.75, 3.05) is 11.9 Å². The van der Waals surface area contributed by atoms with E-state index in [-0.39, 0.29) is 0 Å². The predicted molar refractivity (Wildman–Crippen MR) is 76.9 cm³/mol. The van der Waals surface area contributed by atoms with E-state index in [4.69, 9.17) is 5.11 Å². The van der Waals surface area contributed by atoms with Crippen LogP contribution in [0.1, 0.15) is 5.56 Å². The maximum Gasteiger partial charge on any atom is 0.256 e. The SMILES string of the molecule is Cc1ccc(NC(=O)[C@@H](O)[C@@H](O)[C@H](O)[C@H](O)[C@H](O)CO)cc1. The molecule has 0 fully saturated rings. The zero-order valence-electron chi connectivity index (χ0n) is 12.0. The van der Waals surface area contributed by atoms with Gasteiger partial charge in [0.15, 0.2) is 6.10 Å². The first-order valence-corrected chi connectivity index (χ1v) is 6.66. The summed E-state index contributed by atoms with van der Waals surface area (Å²) in [4.78, 5) is 11.8. The highest BCUT2D eigenvalue weighted by Gasteiger charge is 2.37. The summed E-state index contributed by atoms with van der Waals surface area (Å²) in [5, 5.41) is 58.6. The number of aryl methyl sites for hydroxylation is 1. The molecule has 0 saturated heterocycles. The Hall–Kier alpha value is -1.55. The Labute approximate surface area is 127 Å². The second-order valence-corrected chi connectivity index (χ2v) is 5.02. The molecule has 0 radical (unpaired) electrons. The highest BCUT2D eigenvalue weighted by molar-refractivity contribution is 5.94. The van der Waals surface area contributed by atoms with E-state index in [1.54, 1.807) is 24.3 Å². The number of anilines is 1. The van der Waals surface area contributed by atoms with E-state index >= 15 is 0 Å². The lowest BCUT2D eigenvalue weighted by Gasteiger charge is -2.27. The van der Waals surface area contributed by atoms with Crippen molar-refractivity contribution in [1.29, 1.82) is 0 Å². The van der Waals surface area contributed by atoms with Crippen molar-refractivity contribution in [1.82, 2.24) is 0 Å². The minimum atomic E-state index is -2.04. The van der Waals surface area contributed by atoms with Crippen LogP contribution in [0.2, 0.25) is 0 Å². The third-order valence-corrected chi connectivity index (χ3v) is 3.19. The van der Waals surface area contributed by atoms with E-state index in [1.165, 1.54) is 0 Å². The van der Waals surface area contributed by atoms with Crippen LogP contribution in [0.15, 0.2) is 24.3 Å². The average molecular weight is 315 g/mol. The van der Waals surface area contributed by atoms with Crippen molar-refractivity contribution < 1.29 is 35.4 Å². The van der Waals surface area contributed by atoms with Crippen molar-refractivity contribution in [2.24, 2.45) is 0 Å². The van der Waals surface area contributed by atoms with Gasteiger partial charge in [0, 0.05) is 5.69 Å². The molecule has 1 aromatic rings. The molecule has 5 atom stereocenters. The largest absolute Gasteiger partial charge is 0.394 e. The number of nitrogens with one attached hydrogen (secondary N) is 1. The molecule has 124 valence electrons. The highest BCUT2D eigenvalue weighted by atomic mass is 16.4. The summed E-state index contributed by atoms with van der Waals surface area (Å²) in [6, 6.07) is 6.64. The third-order valence-electron chi connectivity index (χ3n) is 3.19. The molecule has 0 spiro atoms. The lowest BCUT2D eigenvalue weighted by atomic mass is 9.99. The van der Waals surface area contributed by atoms with Crippen molar-refractivity contribution in [3.05, 3.63) is 29.8 Å². The molecule has 22 heavy (non-hydrogen) atoms. The Balaban J connectivity index is 2.66. The van der Waals surface area contributed by atoms with E-state index < -0.39 is 43.0 Å². The Morgan fingerprint density at radius 2 is 1.55 bits per heavy atom. The van der Waals surface area contributed by atoms with Gasteiger partial charge in [0.1, 0.15) is 24.4 Å². The quantitative estimate of drug-likeness (QED) is 0.300. The first-order valence-electron chi connectivity index (χ1n) is 6.66. The lowest BCUT2D eigenvalue weighted by molar-refractivity contribution is -0.153. The monoisotopic (exact) mass is 315 g/mol. The number of amides is 1. The molecule has 1 amide bonds. The summed E-state index contributed by atoms with van der Waals surface area (Å²) in [6.45, 7) is 1.00. The highest BCUT2D eigenvalue weighted by Crippen LogP contribution is 2.12. The average Bonchev–Trinajstić information content (AvgIpc) is 2.53. The molecule has 8 heteroatoms. The van der Waals surface area contributed by atoms with Gasteiger partial charge in [-0.3, -0.25) is 4.79 Å². The van der Waals surface area contributed by atoms with Gasteiger partial charge >= 0.3 is 0 Å². The molecular weight excluding hydrogens is 294 g/mol. The fourth-order valence-corrected chi connectivity index (χ4v) is 1.73. The number of carbonyl (C=O) groups is 1. The molecule has 0 aliphatic rings. The minimum Gasteiger partial charge on any atom is -0.394 e. The van der Waals surface area contributed by atoms with E-state index in [0.717, 1.165) is 5.56 Å². The smallest absolute Gasteiger partial charge is 0.256 e. The third kappa shape index (κ3) is 4.73. The molecule has 0 aliphatic heterocycles. The van der Waals surface area contributed by atoms with Gasteiger partial charge in [-0.2, -0.15) is 0 Å². The summed E-state index contributed by atoms with van der Waals surface area (Å²) in [6.07, 6.45) is -9.71. The number of hydrogen-bond acceptors (Lipinski definition) is 7. The fourth-order valence-electron chi connectivity index (χ4n) is 1.73. The summed E-state index contributed by atoms with van der Waals surface area (Å²) in [5.41, 5.74) is 1.35. The van der Waals surface area contributed by atoms with Crippen molar-refractivity contribution in [3.8, 4) is 0 Å². The molecule has 7 N–H and O–H groups in total. The molecule has 0 unspecified atom stereocenters. The van der Waals surface area contributed by atoms with E-state index in [2.05, 4.69) is 5.32 Å². The molecule has 1 rings (SSSR count). The topological polar surface area (TPSA) is 150 Å². The first-order chi connectivity index (χ1) is 10.3. The van der Waals surface area contributed by atoms with E-state index in [0.29, 0.717) is 5.69 Å². The van der Waals surface area contributed by atoms with Crippen molar-refractivity contribution >= 4 is 11.6 Å². The Kier molecular flexibility index (Phi) is 6.88. The summed E-state index contributed by atoms with van der Waals surface area (Å²) >= 11 is 0. The minimum absolute atomic E-state index is 0.382. The number of hydrogen-bond donors (Lipinski definition) is 7. The molecule has 0 saturated carbocycles. The van der Waals surface area contributed by atoms with Crippen LogP contribution >= 0.6 is 0 Å². The zero-order chi connectivity index (χ0) is 16.9. The molecule has 8 nitrogen and oxygen atoms in total. The standard InChI is InChI=1S/C14H21NO7/c1-7-2-4-8(5-3-7)15-14(22)13(21)12(20)11(19)10(18)9(17)6-16/h2-5,9-13,16-21H,6H2,1H3,(H,15,22)/t9-,10-,11-,12+,13+/m1/s1. The predicted octanol–water partition coefficient (Wildman–Crippen LogP) is -2.27. The van der Waals surface area contributed by atoms with Gasteiger partial charge in [0.05, 0.1) is 6.61 Å².